The van der Waals surface area contributed by atoms with Crippen LogP contribution in [0.4, 0.5) is 15.8 Å². The van der Waals surface area contributed by atoms with Crippen molar-refractivity contribution >= 4 is 37.4 Å². The van der Waals surface area contributed by atoms with Crippen molar-refractivity contribution in [2.75, 3.05) is 15.6 Å². The molecule has 0 aromatic heterocycles. The predicted octanol–water partition coefficient (Wildman–Crippen LogP) is 3.47. The van der Waals surface area contributed by atoms with Gasteiger partial charge in [0.15, 0.2) is 0 Å². The van der Waals surface area contributed by atoms with Gasteiger partial charge in [0.2, 0.25) is 0 Å². The Morgan fingerprint density at radius 2 is 1.55 bits per heavy atom. The maximum absolute atomic E-state index is 13.3. The molecule has 0 spiro atoms. The van der Waals surface area contributed by atoms with Gasteiger partial charge in [0.05, 0.1) is 26.7 Å². The second-order valence-corrected chi connectivity index (χ2v) is 11.0. The number of carboxylic acids is 1. The molecule has 0 radical (unpaired) electrons. The number of nitrogens with zero attached hydrogens (tertiary/aromatic N) is 1. The van der Waals surface area contributed by atoms with E-state index in [4.69, 9.17) is 5.11 Å². The molecule has 1 aliphatic rings. The SMILES string of the molecule is O=C(O)c1ccc(S(=O)(=O)Nc2ccc3c(c2)N(S(=O)(=O)c2ccc(F)cc2)CCC3)cc1. The summed E-state index contributed by atoms with van der Waals surface area (Å²) in [7, 11) is -8.03. The van der Waals surface area contributed by atoms with Crippen LogP contribution in [0, 0.1) is 5.82 Å². The number of hydrogen-bond donors (Lipinski definition) is 2. The Morgan fingerprint density at radius 1 is 0.909 bits per heavy atom. The zero-order valence-electron chi connectivity index (χ0n) is 17.1. The highest BCUT2D eigenvalue weighted by molar-refractivity contribution is 7.93. The topological polar surface area (TPSA) is 121 Å². The smallest absolute Gasteiger partial charge is 0.335 e. The lowest BCUT2D eigenvalue weighted by Gasteiger charge is -2.31. The van der Waals surface area contributed by atoms with E-state index in [2.05, 4.69) is 4.72 Å². The van der Waals surface area contributed by atoms with Gasteiger partial charge < -0.3 is 5.11 Å². The lowest BCUT2D eigenvalue weighted by molar-refractivity contribution is 0.0696. The molecule has 1 aliphatic heterocycles. The van der Waals surface area contributed by atoms with Crippen molar-refractivity contribution in [3.8, 4) is 0 Å². The first-order chi connectivity index (χ1) is 15.6. The van der Waals surface area contributed by atoms with Gasteiger partial charge in [-0.15, -0.1) is 0 Å². The summed E-state index contributed by atoms with van der Waals surface area (Å²) in [5.74, 6) is -1.73. The Morgan fingerprint density at radius 3 is 2.18 bits per heavy atom. The van der Waals surface area contributed by atoms with Gasteiger partial charge in [0, 0.05) is 6.54 Å². The van der Waals surface area contributed by atoms with Crippen LogP contribution in [0.3, 0.4) is 0 Å². The van der Waals surface area contributed by atoms with Crippen LogP contribution in [0.2, 0.25) is 0 Å². The third-order valence-electron chi connectivity index (χ3n) is 5.23. The van der Waals surface area contributed by atoms with Gasteiger partial charge in [0.25, 0.3) is 20.0 Å². The molecule has 0 aliphatic carbocycles. The van der Waals surface area contributed by atoms with Crippen LogP contribution in [-0.4, -0.2) is 34.5 Å². The normalized spacial score (nSPS) is 13.9. The van der Waals surface area contributed by atoms with Crippen LogP contribution in [0.15, 0.2) is 76.5 Å². The maximum Gasteiger partial charge on any atom is 0.335 e. The number of rotatable bonds is 6. The second-order valence-electron chi connectivity index (χ2n) is 7.41. The molecule has 1 heterocycles. The van der Waals surface area contributed by atoms with Gasteiger partial charge in [0.1, 0.15) is 5.82 Å². The first-order valence-electron chi connectivity index (χ1n) is 9.85. The van der Waals surface area contributed by atoms with E-state index in [0.29, 0.717) is 18.5 Å². The third-order valence-corrected chi connectivity index (χ3v) is 8.45. The number of carbonyl (C=O) groups is 1. The zero-order chi connectivity index (χ0) is 23.8. The first-order valence-corrected chi connectivity index (χ1v) is 12.8. The third kappa shape index (κ3) is 4.55. The summed E-state index contributed by atoms with van der Waals surface area (Å²) in [6.45, 7) is 0.194. The molecule has 3 aromatic carbocycles. The lowest BCUT2D eigenvalue weighted by atomic mass is 10.0. The van der Waals surface area contributed by atoms with E-state index >= 15 is 0 Å². The van der Waals surface area contributed by atoms with Crippen LogP contribution >= 0.6 is 0 Å². The minimum atomic E-state index is -4.04. The summed E-state index contributed by atoms with van der Waals surface area (Å²) in [6, 6.07) is 13.9. The second kappa shape index (κ2) is 8.49. The average molecular weight is 491 g/mol. The highest BCUT2D eigenvalue weighted by Crippen LogP contribution is 2.34. The van der Waals surface area contributed by atoms with Crippen molar-refractivity contribution < 1.29 is 31.1 Å². The molecule has 3 aromatic rings. The summed E-state index contributed by atoms with van der Waals surface area (Å²) < 4.78 is 68.7. The summed E-state index contributed by atoms with van der Waals surface area (Å²) in [5.41, 5.74) is 1.18. The van der Waals surface area contributed by atoms with E-state index in [0.717, 1.165) is 17.7 Å². The van der Waals surface area contributed by atoms with Crippen molar-refractivity contribution in [3.05, 3.63) is 83.7 Å². The van der Waals surface area contributed by atoms with E-state index in [1.54, 1.807) is 6.07 Å². The van der Waals surface area contributed by atoms with Crippen molar-refractivity contribution in [2.24, 2.45) is 0 Å². The first kappa shape index (κ1) is 22.7. The largest absolute Gasteiger partial charge is 0.478 e. The quantitative estimate of drug-likeness (QED) is 0.546. The zero-order valence-corrected chi connectivity index (χ0v) is 18.7. The molecule has 0 saturated carbocycles. The van der Waals surface area contributed by atoms with Crippen LogP contribution < -0.4 is 9.03 Å². The number of aryl methyl sites for hydroxylation is 1. The summed E-state index contributed by atoms with van der Waals surface area (Å²) in [4.78, 5) is 10.8. The minimum Gasteiger partial charge on any atom is -0.478 e. The summed E-state index contributed by atoms with van der Waals surface area (Å²) in [6.07, 6.45) is 1.20. The van der Waals surface area contributed by atoms with E-state index < -0.39 is 31.8 Å². The number of hydrogen-bond acceptors (Lipinski definition) is 5. The van der Waals surface area contributed by atoms with Crippen LogP contribution in [0.25, 0.3) is 0 Å². The fraction of sp³-hybridized carbons (Fsp3) is 0.136. The number of fused-ring (bicyclic) bond motifs is 1. The molecule has 0 saturated heterocycles. The molecular formula is C22H19FN2O6S2. The number of aromatic carboxylic acids is 1. The summed E-state index contributed by atoms with van der Waals surface area (Å²) in [5, 5.41) is 8.98. The Bertz CT molecular complexity index is 1420. The number of carboxylic acid groups (broad SMARTS) is 1. The number of halogens is 1. The Hall–Kier alpha value is -3.44. The Balaban J connectivity index is 1.67. The Kier molecular flexibility index (Phi) is 5.85. The van der Waals surface area contributed by atoms with Gasteiger partial charge in [-0.3, -0.25) is 9.03 Å². The lowest BCUT2D eigenvalue weighted by Crippen LogP contribution is -2.35. The summed E-state index contributed by atoms with van der Waals surface area (Å²) >= 11 is 0. The Labute approximate surface area is 190 Å². The van der Waals surface area contributed by atoms with Crippen molar-refractivity contribution in [2.45, 2.75) is 22.6 Å². The van der Waals surface area contributed by atoms with E-state index in [9.17, 15) is 26.0 Å². The molecule has 2 N–H and O–H groups in total. The van der Waals surface area contributed by atoms with E-state index in [1.165, 1.54) is 52.8 Å². The van der Waals surface area contributed by atoms with Crippen LogP contribution in [-0.2, 0) is 26.5 Å². The van der Waals surface area contributed by atoms with Crippen molar-refractivity contribution in [1.29, 1.82) is 0 Å². The minimum absolute atomic E-state index is 0.0515. The predicted molar refractivity (Wildman–Crippen MR) is 120 cm³/mol. The van der Waals surface area contributed by atoms with E-state index in [-0.39, 0.29) is 27.6 Å². The van der Waals surface area contributed by atoms with Crippen LogP contribution in [0.5, 0.6) is 0 Å². The average Bonchev–Trinajstić information content (AvgIpc) is 2.78. The van der Waals surface area contributed by atoms with Gasteiger partial charge in [-0.25, -0.2) is 26.0 Å². The monoisotopic (exact) mass is 490 g/mol. The molecule has 4 rings (SSSR count). The molecule has 0 atom stereocenters. The van der Waals surface area contributed by atoms with Gasteiger partial charge >= 0.3 is 5.97 Å². The van der Waals surface area contributed by atoms with Crippen molar-refractivity contribution in [1.82, 2.24) is 0 Å². The molecule has 0 fully saturated rings. The van der Waals surface area contributed by atoms with Gasteiger partial charge in [-0.1, -0.05) is 6.07 Å². The standard InChI is InChI=1S/C22H19FN2O6S2/c23-17-6-11-20(12-7-17)33(30,31)25-13-1-2-15-3-8-18(14-21(15)25)24-32(28,29)19-9-4-16(5-10-19)22(26)27/h3-12,14,24H,1-2,13H2,(H,26,27). The van der Waals surface area contributed by atoms with Crippen LogP contribution in [0.1, 0.15) is 22.3 Å². The van der Waals surface area contributed by atoms with Gasteiger partial charge in [-0.2, -0.15) is 0 Å². The fourth-order valence-electron chi connectivity index (χ4n) is 3.58. The number of anilines is 2. The highest BCUT2D eigenvalue weighted by atomic mass is 32.2. The molecule has 0 bridgehead atoms. The molecule has 8 nitrogen and oxygen atoms in total. The molecular weight excluding hydrogens is 471 g/mol. The number of benzene rings is 3. The van der Waals surface area contributed by atoms with Gasteiger partial charge in [-0.05, 0) is 79.1 Å². The molecule has 33 heavy (non-hydrogen) atoms. The number of sulfonamides is 2. The fourth-order valence-corrected chi connectivity index (χ4v) is 6.16. The molecule has 172 valence electrons. The maximum atomic E-state index is 13.3. The highest BCUT2D eigenvalue weighted by Gasteiger charge is 2.29. The number of nitrogens with one attached hydrogen (secondary N) is 1. The molecule has 11 heteroatoms. The van der Waals surface area contributed by atoms with E-state index in [1.807, 2.05) is 0 Å². The van der Waals surface area contributed by atoms with Crippen molar-refractivity contribution in [3.63, 3.8) is 0 Å². The molecule has 0 amide bonds. The molecule has 0 unspecified atom stereocenters.